The average Bonchev–Trinajstić information content (AvgIpc) is 2.69. The maximum Gasteiger partial charge on any atom is 0.265 e. The molecule has 0 saturated carbocycles. The number of rotatable bonds is 1. The fourth-order valence-corrected chi connectivity index (χ4v) is 2.48. The van der Waals surface area contributed by atoms with Crippen LogP contribution in [0.25, 0.3) is 0 Å². The zero-order valence-corrected chi connectivity index (χ0v) is 9.83. The standard InChI is InChI=1S/C10H15N3OS/c1-8-6-12(2)3-4-13(8)10(14)9-5-11-7-15-9/h5,7-8H,3-4,6H2,1-2H3. The van der Waals surface area contributed by atoms with Crippen molar-refractivity contribution in [3.05, 3.63) is 16.6 Å². The first-order chi connectivity index (χ1) is 7.18. The molecule has 1 saturated heterocycles. The highest BCUT2D eigenvalue weighted by Gasteiger charge is 2.26. The molecule has 0 bridgehead atoms. The van der Waals surface area contributed by atoms with Crippen LogP contribution in [-0.4, -0.2) is 53.4 Å². The number of hydrogen-bond acceptors (Lipinski definition) is 4. The lowest BCUT2D eigenvalue weighted by Crippen LogP contribution is -2.52. The Bertz CT molecular complexity index is 338. The van der Waals surface area contributed by atoms with Crippen molar-refractivity contribution in [3.8, 4) is 0 Å². The molecule has 1 aromatic rings. The summed E-state index contributed by atoms with van der Waals surface area (Å²) in [5.74, 6) is 0.123. The maximum atomic E-state index is 12.1. The Morgan fingerprint density at radius 1 is 1.60 bits per heavy atom. The normalized spacial score (nSPS) is 23.1. The number of hydrogen-bond donors (Lipinski definition) is 0. The molecule has 2 rings (SSSR count). The molecule has 1 fully saturated rings. The molecule has 0 N–H and O–H groups in total. The van der Waals surface area contributed by atoms with E-state index in [-0.39, 0.29) is 5.91 Å². The Labute approximate surface area is 93.5 Å². The summed E-state index contributed by atoms with van der Waals surface area (Å²) in [6.45, 7) is 4.81. The highest BCUT2D eigenvalue weighted by atomic mass is 32.1. The fraction of sp³-hybridized carbons (Fsp3) is 0.600. The van der Waals surface area contributed by atoms with Crippen LogP contribution in [0.15, 0.2) is 11.7 Å². The molecule has 0 aliphatic carbocycles. The van der Waals surface area contributed by atoms with Gasteiger partial charge in [0.15, 0.2) is 0 Å². The molecule has 82 valence electrons. The molecule has 1 unspecified atom stereocenters. The van der Waals surface area contributed by atoms with Crippen LogP contribution in [0.4, 0.5) is 0 Å². The van der Waals surface area contributed by atoms with Gasteiger partial charge in [-0.15, -0.1) is 11.3 Å². The summed E-state index contributed by atoms with van der Waals surface area (Å²) in [5, 5.41) is 0. The Morgan fingerprint density at radius 3 is 3.00 bits per heavy atom. The third-order valence-electron chi connectivity index (χ3n) is 2.73. The van der Waals surface area contributed by atoms with Gasteiger partial charge in [0, 0.05) is 25.7 Å². The molecule has 0 spiro atoms. The monoisotopic (exact) mass is 225 g/mol. The third-order valence-corrected chi connectivity index (χ3v) is 3.50. The second-order valence-electron chi connectivity index (χ2n) is 3.98. The number of piperazine rings is 1. The van der Waals surface area contributed by atoms with Crippen molar-refractivity contribution in [1.82, 2.24) is 14.8 Å². The van der Waals surface area contributed by atoms with Crippen LogP contribution < -0.4 is 0 Å². The zero-order chi connectivity index (χ0) is 10.8. The Morgan fingerprint density at radius 2 is 2.40 bits per heavy atom. The summed E-state index contributed by atoms with van der Waals surface area (Å²) in [5.41, 5.74) is 1.70. The first-order valence-corrected chi connectivity index (χ1v) is 5.94. The average molecular weight is 225 g/mol. The topological polar surface area (TPSA) is 36.4 Å². The van der Waals surface area contributed by atoms with Crippen LogP contribution in [0.2, 0.25) is 0 Å². The summed E-state index contributed by atoms with van der Waals surface area (Å²) in [4.78, 5) is 20.9. The lowest BCUT2D eigenvalue weighted by atomic mass is 10.2. The van der Waals surface area contributed by atoms with Crippen LogP contribution in [0.5, 0.6) is 0 Å². The van der Waals surface area contributed by atoms with Crippen molar-refractivity contribution in [2.45, 2.75) is 13.0 Å². The van der Waals surface area contributed by atoms with Gasteiger partial charge in [-0.25, -0.2) is 0 Å². The SMILES string of the molecule is CC1CN(C)CCN1C(=O)c1cncs1. The third kappa shape index (κ3) is 2.18. The van der Waals surface area contributed by atoms with E-state index in [1.165, 1.54) is 11.3 Å². The molecule has 2 heterocycles. The van der Waals surface area contributed by atoms with Crippen LogP contribution in [0.3, 0.4) is 0 Å². The minimum absolute atomic E-state index is 0.123. The number of nitrogens with zero attached hydrogens (tertiary/aromatic N) is 3. The van der Waals surface area contributed by atoms with Crippen LogP contribution in [0, 0.1) is 0 Å². The minimum atomic E-state index is 0.123. The molecule has 4 nitrogen and oxygen atoms in total. The lowest BCUT2D eigenvalue weighted by molar-refractivity contribution is 0.0538. The van der Waals surface area contributed by atoms with Crippen molar-refractivity contribution in [3.63, 3.8) is 0 Å². The highest BCUT2D eigenvalue weighted by Crippen LogP contribution is 2.15. The molecule has 1 aliphatic heterocycles. The summed E-state index contributed by atoms with van der Waals surface area (Å²) < 4.78 is 0. The summed E-state index contributed by atoms with van der Waals surface area (Å²) in [6, 6.07) is 0.290. The van der Waals surface area contributed by atoms with E-state index in [4.69, 9.17) is 0 Å². The first kappa shape index (κ1) is 10.6. The van der Waals surface area contributed by atoms with E-state index >= 15 is 0 Å². The second kappa shape index (κ2) is 4.28. The van der Waals surface area contributed by atoms with E-state index in [1.807, 2.05) is 4.90 Å². The van der Waals surface area contributed by atoms with Gasteiger partial charge < -0.3 is 9.80 Å². The van der Waals surface area contributed by atoms with Gasteiger partial charge in [-0.1, -0.05) is 0 Å². The van der Waals surface area contributed by atoms with Gasteiger partial charge in [0.05, 0.1) is 11.7 Å². The molecular formula is C10H15N3OS. The molecule has 15 heavy (non-hydrogen) atoms. The molecule has 5 heteroatoms. The Balaban J connectivity index is 2.08. The van der Waals surface area contributed by atoms with Crippen LogP contribution in [0.1, 0.15) is 16.6 Å². The van der Waals surface area contributed by atoms with Crippen molar-refractivity contribution >= 4 is 17.2 Å². The predicted octanol–water partition coefficient (Wildman–Crippen LogP) is 0.919. The van der Waals surface area contributed by atoms with E-state index in [1.54, 1.807) is 11.7 Å². The lowest BCUT2D eigenvalue weighted by Gasteiger charge is -2.37. The summed E-state index contributed by atoms with van der Waals surface area (Å²) >= 11 is 1.41. The largest absolute Gasteiger partial charge is 0.333 e. The Hall–Kier alpha value is -0.940. The fourth-order valence-electron chi connectivity index (χ4n) is 1.90. The van der Waals surface area contributed by atoms with Gasteiger partial charge in [0.1, 0.15) is 4.88 Å². The first-order valence-electron chi connectivity index (χ1n) is 5.06. The number of amides is 1. The molecule has 1 aromatic heterocycles. The maximum absolute atomic E-state index is 12.1. The molecule has 0 aromatic carbocycles. The van der Waals surface area contributed by atoms with Crippen LogP contribution >= 0.6 is 11.3 Å². The number of aromatic nitrogens is 1. The van der Waals surface area contributed by atoms with Gasteiger partial charge in [-0.3, -0.25) is 9.78 Å². The second-order valence-corrected chi connectivity index (χ2v) is 4.86. The van der Waals surface area contributed by atoms with Crippen molar-refractivity contribution in [2.75, 3.05) is 26.7 Å². The van der Waals surface area contributed by atoms with E-state index in [0.717, 1.165) is 24.5 Å². The molecule has 0 radical (unpaired) electrons. The highest BCUT2D eigenvalue weighted by molar-refractivity contribution is 7.11. The Kier molecular flexibility index (Phi) is 3.02. The van der Waals surface area contributed by atoms with E-state index < -0.39 is 0 Å². The van der Waals surface area contributed by atoms with Crippen molar-refractivity contribution < 1.29 is 4.79 Å². The van der Waals surface area contributed by atoms with E-state index in [2.05, 4.69) is 23.9 Å². The minimum Gasteiger partial charge on any atom is -0.333 e. The zero-order valence-electron chi connectivity index (χ0n) is 9.01. The van der Waals surface area contributed by atoms with E-state index in [0.29, 0.717) is 6.04 Å². The molecular weight excluding hydrogens is 210 g/mol. The number of carbonyl (C=O) groups is 1. The summed E-state index contributed by atoms with van der Waals surface area (Å²) in [6.07, 6.45) is 1.65. The van der Waals surface area contributed by atoms with Crippen LogP contribution in [-0.2, 0) is 0 Å². The van der Waals surface area contributed by atoms with Gasteiger partial charge in [-0.05, 0) is 14.0 Å². The quantitative estimate of drug-likeness (QED) is 0.713. The van der Waals surface area contributed by atoms with Gasteiger partial charge in [0.25, 0.3) is 5.91 Å². The number of thiazole rings is 1. The summed E-state index contributed by atoms with van der Waals surface area (Å²) in [7, 11) is 2.09. The molecule has 1 amide bonds. The smallest absolute Gasteiger partial charge is 0.265 e. The van der Waals surface area contributed by atoms with Gasteiger partial charge in [-0.2, -0.15) is 0 Å². The number of carbonyl (C=O) groups excluding carboxylic acids is 1. The van der Waals surface area contributed by atoms with Crippen molar-refractivity contribution in [2.24, 2.45) is 0 Å². The number of likely N-dealkylation sites (N-methyl/N-ethyl adjacent to an activating group) is 1. The molecule has 1 atom stereocenters. The predicted molar refractivity (Wildman–Crippen MR) is 60.1 cm³/mol. The van der Waals surface area contributed by atoms with Gasteiger partial charge >= 0.3 is 0 Å². The van der Waals surface area contributed by atoms with E-state index in [9.17, 15) is 4.79 Å². The van der Waals surface area contributed by atoms with Crippen molar-refractivity contribution in [1.29, 1.82) is 0 Å². The molecule has 1 aliphatic rings. The van der Waals surface area contributed by atoms with Gasteiger partial charge in [0.2, 0.25) is 0 Å².